The SMILES string of the molecule is CCOC(=O)c1sc(CCCCO)nc1C. The number of aryl methyl sites for hydroxylation is 2. The van der Waals surface area contributed by atoms with Crippen molar-refractivity contribution in [3.8, 4) is 0 Å². The van der Waals surface area contributed by atoms with Gasteiger partial charge >= 0.3 is 5.97 Å². The molecule has 16 heavy (non-hydrogen) atoms. The van der Waals surface area contributed by atoms with Crippen molar-refractivity contribution in [2.45, 2.75) is 33.1 Å². The molecule has 0 aromatic carbocycles. The number of nitrogens with zero attached hydrogens (tertiary/aromatic N) is 1. The van der Waals surface area contributed by atoms with Gasteiger partial charge in [0.25, 0.3) is 0 Å². The smallest absolute Gasteiger partial charge is 0.350 e. The molecular formula is C11H17NO3S. The largest absolute Gasteiger partial charge is 0.462 e. The normalized spacial score (nSPS) is 10.4. The van der Waals surface area contributed by atoms with Crippen LogP contribution in [-0.2, 0) is 11.2 Å². The van der Waals surface area contributed by atoms with Gasteiger partial charge in [-0.25, -0.2) is 9.78 Å². The lowest BCUT2D eigenvalue weighted by Gasteiger charge is -1.97. The Morgan fingerprint density at radius 2 is 2.25 bits per heavy atom. The maximum atomic E-state index is 11.5. The molecule has 1 rings (SSSR count). The molecule has 0 atom stereocenters. The Morgan fingerprint density at radius 1 is 1.50 bits per heavy atom. The first-order chi connectivity index (χ1) is 7.69. The number of hydrogen-bond donors (Lipinski definition) is 1. The summed E-state index contributed by atoms with van der Waals surface area (Å²) in [6.45, 7) is 4.19. The first-order valence-electron chi connectivity index (χ1n) is 5.43. The molecular weight excluding hydrogens is 226 g/mol. The zero-order valence-electron chi connectivity index (χ0n) is 9.65. The Kier molecular flexibility index (Phi) is 5.42. The zero-order valence-corrected chi connectivity index (χ0v) is 10.5. The van der Waals surface area contributed by atoms with Crippen molar-refractivity contribution in [3.63, 3.8) is 0 Å². The average Bonchev–Trinajstić information content (AvgIpc) is 2.61. The number of ether oxygens (including phenoxy) is 1. The van der Waals surface area contributed by atoms with Crippen LogP contribution in [0.3, 0.4) is 0 Å². The first kappa shape index (κ1) is 13.1. The summed E-state index contributed by atoms with van der Waals surface area (Å²) in [4.78, 5) is 16.4. The predicted octanol–water partition coefficient (Wildman–Crippen LogP) is 1.94. The molecule has 5 heteroatoms. The number of hydrogen-bond acceptors (Lipinski definition) is 5. The van der Waals surface area contributed by atoms with Crippen LogP contribution in [0.15, 0.2) is 0 Å². The van der Waals surface area contributed by atoms with Gasteiger partial charge in [0.15, 0.2) is 0 Å². The van der Waals surface area contributed by atoms with E-state index in [2.05, 4.69) is 4.98 Å². The molecule has 0 unspecified atom stereocenters. The molecule has 1 N–H and O–H groups in total. The van der Waals surface area contributed by atoms with Crippen LogP contribution in [0, 0.1) is 6.92 Å². The van der Waals surface area contributed by atoms with Gasteiger partial charge < -0.3 is 9.84 Å². The number of aliphatic hydroxyl groups excluding tert-OH is 1. The summed E-state index contributed by atoms with van der Waals surface area (Å²) in [6.07, 6.45) is 2.48. The van der Waals surface area contributed by atoms with Gasteiger partial charge in [-0.1, -0.05) is 0 Å². The van der Waals surface area contributed by atoms with Gasteiger partial charge in [-0.05, 0) is 33.1 Å². The van der Waals surface area contributed by atoms with Gasteiger partial charge in [-0.3, -0.25) is 0 Å². The third kappa shape index (κ3) is 3.57. The Labute approximate surface area is 99.3 Å². The van der Waals surface area contributed by atoms with Crippen molar-refractivity contribution in [2.75, 3.05) is 13.2 Å². The highest BCUT2D eigenvalue weighted by Crippen LogP contribution is 2.20. The lowest BCUT2D eigenvalue weighted by molar-refractivity contribution is 0.0531. The van der Waals surface area contributed by atoms with E-state index in [1.165, 1.54) is 11.3 Å². The van der Waals surface area contributed by atoms with Gasteiger partial charge in [0.2, 0.25) is 0 Å². The molecule has 1 heterocycles. The van der Waals surface area contributed by atoms with E-state index >= 15 is 0 Å². The molecule has 1 aromatic rings. The van der Waals surface area contributed by atoms with Crippen LogP contribution in [0.5, 0.6) is 0 Å². The van der Waals surface area contributed by atoms with E-state index in [1.807, 2.05) is 6.92 Å². The lowest BCUT2D eigenvalue weighted by Crippen LogP contribution is -2.03. The Balaban J connectivity index is 2.62. The van der Waals surface area contributed by atoms with Crippen molar-refractivity contribution >= 4 is 17.3 Å². The molecule has 0 aliphatic rings. The summed E-state index contributed by atoms with van der Waals surface area (Å²) in [6, 6.07) is 0. The predicted molar refractivity (Wildman–Crippen MR) is 62.8 cm³/mol. The minimum Gasteiger partial charge on any atom is -0.462 e. The second-order valence-corrected chi connectivity index (χ2v) is 4.51. The second kappa shape index (κ2) is 6.60. The Hall–Kier alpha value is -0.940. The number of thiazole rings is 1. The summed E-state index contributed by atoms with van der Waals surface area (Å²) in [5.74, 6) is -0.286. The topological polar surface area (TPSA) is 59.4 Å². The van der Waals surface area contributed by atoms with Gasteiger partial charge in [0.1, 0.15) is 4.88 Å². The quantitative estimate of drug-likeness (QED) is 0.612. The van der Waals surface area contributed by atoms with E-state index in [-0.39, 0.29) is 12.6 Å². The third-order valence-corrected chi connectivity index (χ3v) is 3.30. The van der Waals surface area contributed by atoms with Gasteiger partial charge in [-0.15, -0.1) is 11.3 Å². The maximum absolute atomic E-state index is 11.5. The number of carbonyl (C=O) groups is 1. The summed E-state index contributed by atoms with van der Waals surface area (Å²) >= 11 is 1.39. The van der Waals surface area contributed by atoms with Crippen molar-refractivity contribution in [3.05, 3.63) is 15.6 Å². The van der Waals surface area contributed by atoms with Crippen molar-refractivity contribution in [2.24, 2.45) is 0 Å². The molecule has 0 spiro atoms. The molecule has 4 nitrogen and oxygen atoms in total. The molecule has 0 fully saturated rings. The number of rotatable bonds is 6. The molecule has 0 aliphatic carbocycles. The number of esters is 1. The summed E-state index contributed by atoms with van der Waals surface area (Å²) < 4.78 is 4.94. The number of aliphatic hydroxyl groups is 1. The van der Waals surface area contributed by atoms with E-state index in [0.29, 0.717) is 11.5 Å². The monoisotopic (exact) mass is 243 g/mol. The fourth-order valence-electron chi connectivity index (χ4n) is 1.33. The van der Waals surface area contributed by atoms with Crippen LogP contribution < -0.4 is 0 Å². The standard InChI is InChI=1S/C11H17NO3S/c1-3-15-11(14)10-8(2)12-9(16-10)6-4-5-7-13/h13H,3-7H2,1-2H3. The van der Waals surface area contributed by atoms with Crippen molar-refractivity contribution in [1.82, 2.24) is 4.98 Å². The highest BCUT2D eigenvalue weighted by Gasteiger charge is 2.15. The van der Waals surface area contributed by atoms with E-state index in [1.54, 1.807) is 6.92 Å². The van der Waals surface area contributed by atoms with Crippen LogP contribution in [0.25, 0.3) is 0 Å². The fraction of sp³-hybridized carbons (Fsp3) is 0.636. The maximum Gasteiger partial charge on any atom is 0.350 e. The molecule has 1 aromatic heterocycles. The first-order valence-corrected chi connectivity index (χ1v) is 6.25. The molecule has 0 saturated carbocycles. The van der Waals surface area contributed by atoms with Crippen LogP contribution in [-0.4, -0.2) is 29.3 Å². The number of aromatic nitrogens is 1. The molecule has 0 saturated heterocycles. The highest BCUT2D eigenvalue weighted by molar-refractivity contribution is 7.13. The van der Waals surface area contributed by atoms with E-state index in [9.17, 15) is 4.79 Å². The highest BCUT2D eigenvalue weighted by atomic mass is 32.1. The van der Waals surface area contributed by atoms with Crippen LogP contribution in [0.2, 0.25) is 0 Å². The van der Waals surface area contributed by atoms with Crippen LogP contribution >= 0.6 is 11.3 Å². The summed E-state index contributed by atoms with van der Waals surface area (Å²) in [5.41, 5.74) is 0.738. The van der Waals surface area contributed by atoms with Crippen molar-refractivity contribution in [1.29, 1.82) is 0 Å². The Bertz CT molecular complexity index is 349. The average molecular weight is 243 g/mol. The molecule has 0 aliphatic heterocycles. The lowest BCUT2D eigenvalue weighted by atomic mass is 10.2. The molecule has 90 valence electrons. The third-order valence-electron chi connectivity index (χ3n) is 2.10. The van der Waals surface area contributed by atoms with E-state index in [4.69, 9.17) is 9.84 Å². The second-order valence-electron chi connectivity index (χ2n) is 3.42. The van der Waals surface area contributed by atoms with Gasteiger partial charge in [-0.2, -0.15) is 0 Å². The number of carbonyl (C=O) groups excluding carboxylic acids is 1. The fourth-order valence-corrected chi connectivity index (χ4v) is 2.33. The number of unbranched alkanes of at least 4 members (excludes halogenated alkanes) is 1. The summed E-state index contributed by atoms with van der Waals surface area (Å²) in [5, 5.41) is 9.61. The van der Waals surface area contributed by atoms with Gasteiger partial charge in [0, 0.05) is 6.61 Å². The Morgan fingerprint density at radius 3 is 2.88 bits per heavy atom. The van der Waals surface area contributed by atoms with Crippen LogP contribution in [0.4, 0.5) is 0 Å². The molecule has 0 bridgehead atoms. The van der Waals surface area contributed by atoms with Gasteiger partial charge in [0.05, 0.1) is 17.3 Å². The van der Waals surface area contributed by atoms with Crippen molar-refractivity contribution < 1.29 is 14.6 Å². The molecule has 0 amide bonds. The van der Waals surface area contributed by atoms with E-state index in [0.717, 1.165) is 30.0 Å². The van der Waals surface area contributed by atoms with E-state index < -0.39 is 0 Å². The minimum atomic E-state index is -0.286. The minimum absolute atomic E-state index is 0.203. The van der Waals surface area contributed by atoms with Crippen LogP contribution in [0.1, 0.15) is 40.1 Å². The zero-order chi connectivity index (χ0) is 12.0. The summed E-state index contributed by atoms with van der Waals surface area (Å²) in [7, 11) is 0. The molecule has 0 radical (unpaired) electrons.